The highest BCUT2D eigenvalue weighted by Crippen LogP contribution is 2.22. The zero-order chi connectivity index (χ0) is 17.7. The molecule has 0 amide bonds. The Morgan fingerprint density at radius 2 is 1.83 bits per heavy atom. The summed E-state index contributed by atoms with van der Waals surface area (Å²) in [5.74, 6) is -1.18. The van der Waals surface area contributed by atoms with E-state index >= 15 is 0 Å². The Bertz CT molecular complexity index is 851. The van der Waals surface area contributed by atoms with Gasteiger partial charge in [-0.1, -0.05) is 36.4 Å². The number of sulfonamides is 1. The summed E-state index contributed by atoms with van der Waals surface area (Å²) in [5, 5.41) is 19.8. The van der Waals surface area contributed by atoms with Crippen molar-refractivity contribution >= 4 is 21.7 Å². The smallest absolute Gasteiger partial charge is 0.305 e. The van der Waals surface area contributed by atoms with Crippen LogP contribution in [0.5, 0.6) is 0 Å². The lowest BCUT2D eigenvalue weighted by molar-refractivity contribution is -0.385. The number of benzene rings is 2. The van der Waals surface area contributed by atoms with E-state index in [1.807, 2.05) is 0 Å². The molecule has 0 aliphatic rings. The molecule has 0 fully saturated rings. The Morgan fingerprint density at radius 1 is 1.17 bits per heavy atom. The van der Waals surface area contributed by atoms with Crippen molar-refractivity contribution in [2.45, 2.75) is 17.4 Å². The van der Waals surface area contributed by atoms with E-state index in [1.165, 1.54) is 18.2 Å². The fourth-order valence-electron chi connectivity index (χ4n) is 2.11. The lowest BCUT2D eigenvalue weighted by atomic mass is 10.1. The molecule has 0 radical (unpaired) electrons. The van der Waals surface area contributed by atoms with Crippen LogP contribution in [-0.4, -0.2) is 24.4 Å². The van der Waals surface area contributed by atoms with Crippen molar-refractivity contribution in [1.29, 1.82) is 0 Å². The third kappa shape index (κ3) is 4.37. The maximum absolute atomic E-state index is 12.4. The second-order valence-corrected chi connectivity index (χ2v) is 6.65. The Hall–Kier alpha value is -2.78. The van der Waals surface area contributed by atoms with Crippen molar-refractivity contribution < 1.29 is 23.2 Å². The molecule has 0 unspecified atom stereocenters. The summed E-state index contributed by atoms with van der Waals surface area (Å²) < 4.78 is 27.2. The molecule has 0 heterocycles. The number of nitrogens with one attached hydrogen (secondary N) is 1. The summed E-state index contributed by atoms with van der Waals surface area (Å²) in [6.07, 6.45) is -0.460. The first kappa shape index (κ1) is 17.6. The maximum atomic E-state index is 12.4. The molecule has 0 saturated heterocycles. The molecule has 126 valence electrons. The van der Waals surface area contributed by atoms with Gasteiger partial charge in [-0.05, 0) is 11.6 Å². The first-order chi connectivity index (χ1) is 11.3. The first-order valence-corrected chi connectivity index (χ1v) is 8.31. The van der Waals surface area contributed by atoms with Crippen LogP contribution in [0.15, 0.2) is 59.5 Å². The number of nitro benzene ring substituents is 1. The monoisotopic (exact) mass is 350 g/mol. The molecule has 2 aromatic carbocycles. The molecular formula is C15H14N2O6S. The largest absolute Gasteiger partial charge is 0.481 e. The van der Waals surface area contributed by atoms with Gasteiger partial charge >= 0.3 is 5.97 Å². The van der Waals surface area contributed by atoms with Crippen LogP contribution >= 0.6 is 0 Å². The van der Waals surface area contributed by atoms with Gasteiger partial charge in [0.1, 0.15) is 0 Å². The number of rotatable bonds is 7. The van der Waals surface area contributed by atoms with Gasteiger partial charge in [0.05, 0.1) is 22.3 Å². The normalized spacial score (nSPS) is 12.5. The summed E-state index contributed by atoms with van der Waals surface area (Å²) >= 11 is 0. The molecule has 9 heteroatoms. The van der Waals surface area contributed by atoms with E-state index in [2.05, 4.69) is 4.72 Å². The number of hydrogen-bond acceptors (Lipinski definition) is 5. The molecule has 0 saturated carbocycles. The van der Waals surface area contributed by atoms with Crippen LogP contribution in [0, 0.1) is 10.1 Å². The number of carboxylic acids is 1. The number of non-ortho nitro benzene ring substituents is 1. The van der Waals surface area contributed by atoms with Crippen LogP contribution in [0.3, 0.4) is 0 Å². The summed E-state index contributed by atoms with van der Waals surface area (Å²) in [7, 11) is -4.13. The molecule has 8 nitrogen and oxygen atoms in total. The number of hydrogen-bond donors (Lipinski definition) is 2. The molecule has 0 bridgehead atoms. The molecule has 0 spiro atoms. The third-order valence-electron chi connectivity index (χ3n) is 3.22. The lowest BCUT2D eigenvalue weighted by Crippen LogP contribution is -2.30. The Morgan fingerprint density at radius 3 is 2.42 bits per heavy atom. The number of carboxylic acid groups (broad SMARTS) is 1. The topological polar surface area (TPSA) is 127 Å². The molecule has 0 aliphatic carbocycles. The van der Waals surface area contributed by atoms with E-state index in [0.29, 0.717) is 5.56 Å². The minimum atomic E-state index is -4.13. The highest BCUT2D eigenvalue weighted by molar-refractivity contribution is 7.89. The number of carbonyl (C=O) groups is 1. The molecule has 0 aromatic heterocycles. The second-order valence-electron chi connectivity index (χ2n) is 4.94. The molecule has 1 atom stereocenters. The van der Waals surface area contributed by atoms with Gasteiger partial charge in [0.2, 0.25) is 10.0 Å². The predicted octanol–water partition coefficient (Wildman–Crippen LogP) is 2.09. The van der Waals surface area contributed by atoms with Crippen molar-refractivity contribution in [3.63, 3.8) is 0 Å². The van der Waals surface area contributed by atoms with Gasteiger partial charge in [0, 0.05) is 12.1 Å². The second kappa shape index (κ2) is 7.20. The minimum absolute atomic E-state index is 0.303. The summed E-state index contributed by atoms with van der Waals surface area (Å²) in [6.45, 7) is 0. The average Bonchev–Trinajstić information content (AvgIpc) is 2.54. The highest BCUT2D eigenvalue weighted by Gasteiger charge is 2.24. The first-order valence-electron chi connectivity index (χ1n) is 6.83. The summed E-state index contributed by atoms with van der Waals surface area (Å²) in [4.78, 5) is 20.8. The highest BCUT2D eigenvalue weighted by atomic mass is 32.2. The van der Waals surface area contributed by atoms with Gasteiger partial charge in [-0.2, -0.15) is 0 Å². The third-order valence-corrected chi connectivity index (χ3v) is 4.69. The number of aliphatic carboxylic acids is 1. The van der Waals surface area contributed by atoms with E-state index in [9.17, 15) is 23.3 Å². The zero-order valence-corrected chi connectivity index (χ0v) is 13.1. The Labute approximate surface area is 138 Å². The zero-order valence-electron chi connectivity index (χ0n) is 12.3. The van der Waals surface area contributed by atoms with Gasteiger partial charge in [0.25, 0.3) is 5.69 Å². The van der Waals surface area contributed by atoms with Crippen molar-refractivity contribution in [1.82, 2.24) is 4.72 Å². The fourth-order valence-corrected chi connectivity index (χ4v) is 3.37. The van der Waals surface area contributed by atoms with E-state index in [4.69, 9.17) is 5.11 Å². The summed E-state index contributed by atoms with van der Waals surface area (Å²) in [5.41, 5.74) is 0.112. The van der Waals surface area contributed by atoms with Crippen LogP contribution in [0.2, 0.25) is 0 Å². The van der Waals surface area contributed by atoms with Crippen molar-refractivity contribution in [2.75, 3.05) is 0 Å². The van der Waals surface area contributed by atoms with Crippen molar-refractivity contribution in [3.05, 3.63) is 70.3 Å². The number of nitro groups is 1. The molecular weight excluding hydrogens is 336 g/mol. The van der Waals surface area contributed by atoms with Gasteiger partial charge in [-0.3, -0.25) is 14.9 Å². The Balaban J connectivity index is 2.35. The summed E-state index contributed by atoms with van der Waals surface area (Å²) in [6, 6.07) is 11.8. The SMILES string of the molecule is O=C(O)C[C@@H](NS(=O)(=O)c1cccc([N+](=O)[O-])c1)c1ccccc1. The van der Waals surface area contributed by atoms with Crippen LogP contribution in [0.25, 0.3) is 0 Å². The number of nitrogens with zero attached hydrogens (tertiary/aromatic N) is 1. The molecule has 2 N–H and O–H groups in total. The maximum Gasteiger partial charge on any atom is 0.305 e. The van der Waals surface area contributed by atoms with Gasteiger partial charge in [-0.15, -0.1) is 0 Å². The van der Waals surface area contributed by atoms with Crippen molar-refractivity contribution in [2.24, 2.45) is 0 Å². The predicted molar refractivity (Wildman–Crippen MR) is 84.9 cm³/mol. The van der Waals surface area contributed by atoms with Crippen LogP contribution in [0.1, 0.15) is 18.0 Å². The van der Waals surface area contributed by atoms with Crippen LogP contribution in [-0.2, 0) is 14.8 Å². The quantitative estimate of drug-likeness (QED) is 0.581. The molecule has 2 aromatic rings. The van der Waals surface area contributed by atoms with Gasteiger partial charge < -0.3 is 5.11 Å². The molecule has 24 heavy (non-hydrogen) atoms. The van der Waals surface area contributed by atoms with E-state index < -0.39 is 33.4 Å². The van der Waals surface area contributed by atoms with Gasteiger partial charge in [-0.25, -0.2) is 13.1 Å². The Kier molecular flexibility index (Phi) is 5.27. The standard InChI is InChI=1S/C15H14N2O6S/c18-15(19)10-14(11-5-2-1-3-6-11)16-24(22,23)13-8-4-7-12(9-13)17(20)21/h1-9,14,16H,10H2,(H,18,19)/t14-/m1/s1. The van der Waals surface area contributed by atoms with Gasteiger partial charge in [0.15, 0.2) is 0 Å². The average molecular weight is 350 g/mol. The van der Waals surface area contributed by atoms with E-state index in [-0.39, 0.29) is 10.6 Å². The van der Waals surface area contributed by atoms with Crippen LogP contribution < -0.4 is 4.72 Å². The molecule has 0 aliphatic heterocycles. The minimum Gasteiger partial charge on any atom is -0.481 e. The van der Waals surface area contributed by atoms with E-state index in [1.54, 1.807) is 30.3 Å². The van der Waals surface area contributed by atoms with Crippen molar-refractivity contribution in [3.8, 4) is 0 Å². The van der Waals surface area contributed by atoms with E-state index in [0.717, 1.165) is 6.07 Å². The molecule has 2 rings (SSSR count). The lowest BCUT2D eigenvalue weighted by Gasteiger charge is -2.17. The van der Waals surface area contributed by atoms with Crippen LogP contribution in [0.4, 0.5) is 5.69 Å². The fraction of sp³-hybridized carbons (Fsp3) is 0.133.